The molecular weight excluding hydrogens is 207 g/mol. The van der Waals surface area contributed by atoms with Crippen LogP contribution in [0.1, 0.15) is 12.5 Å². The molecule has 16 heavy (non-hydrogen) atoms. The first kappa shape index (κ1) is 12.4. The van der Waals surface area contributed by atoms with Crippen molar-refractivity contribution in [2.24, 2.45) is 10.8 Å². The number of benzene rings is 1. The van der Waals surface area contributed by atoms with Crippen molar-refractivity contribution < 1.29 is 4.39 Å². The molecule has 0 radical (unpaired) electrons. The molecule has 0 bridgehead atoms. The lowest BCUT2D eigenvalue weighted by atomic mass is 10.1. The minimum Gasteiger partial charge on any atom is -0.356 e. The molecule has 0 amide bonds. The number of hydrogen-bond donors (Lipinski definition) is 3. The lowest BCUT2D eigenvalue weighted by molar-refractivity contribution is 0.609. The number of guanidine groups is 1. The Morgan fingerprint density at radius 1 is 1.44 bits per heavy atom. The highest BCUT2D eigenvalue weighted by atomic mass is 19.1. The van der Waals surface area contributed by atoms with E-state index in [-0.39, 0.29) is 5.82 Å². The predicted octanol–water partition coefficient (Wildman–Crippen LogP) is 0.797. The number of nitrogens with zero attached hydrogens (tertiary/aromatic N) is 1. The summed E-state index contributed by atoms with van der Waals surface area (Å²) in [4.78, 5) is 4.17. The summed E-state index contributed by atoms with van der Waals surface area (Å²) in [6.07, 6.45) is 0.559. The molecule has 0 saturated heterocycles. The molecule has 4 nitrogen and oxygen atoms in total. The van der Waals surface area contributed by atoms with Crippen molar-refractivity contribution in [1.82, 2.24) is 10.7 Å². The smallest absolute Gasteiger partial charge is 0.205 e. The van der Waals surface area contributed by atoms with Crippen molar-refractivity contribution in [2.75, 3.05) is 13.1 Å². The number of nitrogens with one attached hydrogen (secondary N) is 2. The van der Waals surface area contributed by atoms with Crippen LogP contribution in [-0.2, 0) is 6.42 Å². The average Bonchev–Trinajstić information content (AvgIpc) is 2.30. The third-order valence-electron chi connectivity index (χ3n) is 2.09. The van der Waals surface area contributed by atoms with Gasteiger partial charge < -0.3 is 5.32 Å². The van der Waals surface area contributed by atoms with E-state index in [9.17, 15) is 4.39 Å². The molecule has 0 aliphatic heterocycles. The number of hydrogen-bond acceptors (Lipinski definition) is 2. The SMILES string of the molecule is CCNC(=NCCc1ccccc1F)NN. The molecule has 4 N–H and O–H groups in total. The summed E-state index contributed by atoms with van der Waals surface area (Å²) in [5.74, 6) is 5.59. The van der Waals surface area contributed by atoms with Crippen LogP contribution in [0.2, 0.25) is 0 Å². The molecule has 0 aliphatic carbocycles. The van der Waals surface area contributed by atoms with Crippen molar-refractivity contribution in [3.8, 4) is 0 Å². The Balaban J connectivity index is 2.48. The third-order valence-corrected chi connectivity index (χ3v) is 2.09. The maximum Gasteiger partial charge on any atom is 0.205 e. The molecule has 0 atom stereocenters. The molecule has 0 fully saturated rings. The van der Waals surface area contributed by atoms with Gasteiger partial charge in [-0.25, -0.2) is 10.2 Å². The van der Waals surface area contributed by atoms with E-state index in [2.05, 4.69) is 15.7 Å². The maximum atomic E-state index is 13.2. The number of halogens is 1. The van der Waals surface area contributed by atoms with Crippen LogP contribution in [0, 0.1) is 5.82 Å². The molecule has 1 aromatic carbocycles. The van der Waals surface area contributed by atoms with Crippen LogP contribution in [0.3, 0.4) is 0 Å². The molecular formula is C11H17FN4. The molecule has 1 aromatic rings. The summed E-state index contributed by atoms with van der Waals surface area (Å²) in [6.45, 7) is 3.18. The fourth-order valence-electron chi connectivity index (χ4n) is 1.31. The number of aliphatic imine (C=N–C) groups is 1. The lowest BCUT2D eigenvalue weighted by Gasteiger charge is -2.06. The van der Waals surface area contributed by atoms with Gasteiger partial charge in [0.2, 0.25) is 5.96 Å². The zero-order valence-corrected chi connectivity index (χ0v) is 9.33. The normalized spacial score (nSPS) is 11.3. The first-order chi connectivity index (χ1) is 7.77. The molecule has 0 saturated carbocycles. The van der Waals surface area contributed by atoms with Crippen LogP contribution in [0.5, 0.6) is 0 Å². The summed E-state index contributed by atoms with van der Waals surface area (Å²) in [7, 11) is 0. The Kier molecular flexibility index (Phi) is 5.28. The van der Waals surface area contributed by atoms with Crippen LogP contribution in [0.4, 0.5) is 4.39 Å². The van der Waals surface area contributed by atoms with Crippen LogP contribution < -0.4 is 16.6 Å². The van der Waals surface area contributed by atoms with E-state index >= 15 is 0 Å². The second-order valence-electron chi connectivity index (χ2n) is 3.25. The van der Waals surface area contributed by atoms with Crippen LogP contribution in [0.15, 0.2) is 29.3 Å². The van der Waals surface area contributed by atoms with Crippen molar-refractivity contribution in [1.29, 1.82) is 0 Å². The second kappa shape index (κ2) is 6.79. The van der Waals surface area contributed by atoms with Gasteiger partial charge in [-0.3, -0.25) is 10.4 Å². The fourth-order valence-corrected chi connectivity index (χ4v) is 1.31. The van der Waals surface area contributed by atoms with Crippen LogP contribution in [-0.4, -0.2) is 19.0 Å². The van der Waals surface area contributed by atoms with Crippen LogP contribution >= 0.6 is 0 Å². The molecule has 88 valence electrons. The van der Waals surface area contributed by atoms with Crippen molar-refractivity contribution in [3.63, 3.8) is 0 Å². The molecule has 0 unspecified atom stereocenters. The highest BCUT2D eigenvalue weighted by Gasteiger charge is 1.99. The summed E-state index contributed by atoms with van der Waals surface area (Å²) in [5, 5.41) is 2.95. The molecule has 0 spiro atoms. The monoisotopic (exact) mass is 224 g/mol. The predicted molar refractivity (Wildman–Crippen MR) is 63.4 cm³/mol. The zero-order chi connectivity index (χ0) is 11.8. The minimum absolute atomic E-state index is 0.191. The third kappa shape index (κ3) is 3.86. The van der Waals surface area contributed by atoms with E-state index < -0.39 is 0 Å². The molecule has 1 rings (SSSR count). The topological polar surface area (TPSA) is 62.4 Å². The number of nitrogens with two attached hydrogens (primary N) is 1. The van der Waals surface area contributed by atoms with E-state index in [1.54, 1.807) is 12.1 Å². The molecule has 5 heteroatoms. The van der Waals surface area contributed by atoms with Gasteiger partial charge in [0, 0.05) is 13.1 Å². The first-order valence-corrected chi connectivity index (χ1v) is 5.26. The largest absolute Gasteiger partial charge is 0.356 e. The second-order valence-corrected chi connectivity index (χ2v) is 3.25. The van der Waals surface area contributed by atoms with Gasteiger partial charge in [-0.15, -0.1) is 0 Å². The van der Waals surface area contributed by atoms with Crippen molar-refractivity contribution in [2.45, 2.75) is 13.3 Å². The van der Waals surface area contributed by atoms with E-state index in [0.29, 0.717) is 24.5 Å². The lowest BCUT2D eigenvalue weighted by Crippen LogP contribution is -2.41. The van der Waals surface area contributed by atoms with Gasteiger partial charge in [-0.05, 0) is 25.0 Å². The Morgan fingerprint density at radius 3 is 2.81 bits per heavy atom. The van der Waals surface area contributed by atoms with E-state index in [1.807, 2.05) is 13.0 Å². The van der Waals surface area contributed by atoms with Gasteiger partial charge in [0.25, 0.3) is 0 Å². The highest BCUT2D eigenvalue weighted by Crippen LogP contribution is 2.06. The summed E-state index contributed by atoms with van der Waals surface area (Å²) in [5.41, 5.74) is 3.11. The van der Waals surface area contributed by atoms with E-state index in [0.717, 1.165) is 6.54 Å². The average molecular weight is 224 g/mol. The van der Waals surface area contributed by atoms with Gasteiger partial charge in [0.1, 0.15) is 5.82 Å². The van der Waals surface area contributed by atoms with Gasteiger partial charge in [-0.1, -0.05) is 18.2 Å². The Morgan fingerprint density at radius 2 is 2.19 bits per heavy atom. The van der Waals surface area contributed by atoms with E-state index in [1.165, 1.54) is 6.07 Å². The van der Waals surface area contributed by atoms with Gasteiger partial charge >= 0.3 is 0 Å². The Labute approximate surface area is 94.7 Å². The summed E-state index contributed by atoms with van der Waals surface area (Å²) in [6, 6.07) is 6.70. The van der Waals surface area contributed by atoms with Gasteiger partial charge in [-0.2, -0.15) is 0 Å². The summed E-state index contributed by atoms with van der Waals surface area (Å²) < 4.78 is 13.2. The Bertz CT molecular complexity index is 352. The van der Waals surface area contributed by atoms with Gasteiger partial charge in [0.05, 0.1) is 0 Å². The standard InChI is InChI=1S/C11H17FN4/c1-2-14-11(16-13)15-8-7-9-5-3-4-6-10(9)12/h3-6H,2,7-8,13H2,1H3,(H2,14,15,16). The molecule has 0 heterocycles. The first-order valence-electron chi connectivity index (χ1n) is 5.26. The van der Waals surface area contributed by atoms with Crippen LogP contribution in [0.25, 0.3) is 0 Å². The van der Waals surface area contributed by atoms with Crippen molar-refractivity contribution in [3.05, 3.63) is 35.6 Å². The molecule has 0 aromatic heterocycles. The number of rotatable bonds is 4. The van der Waals surface area contributed by atoms with E-state index in [4.69, 9.17) is 5.84 Å². The molecule has 0 aliphatic rings. The van der Waals surface area contributed by atoms with Crippen molar-refractivity contribution >= 4 is 5.96 Å². The maximum absolute atomic E-state index is 13.2. The fraction of sp³-hybridized carbons (Fsp3) is 0.364. The summed E-state index contributed by atoms with van der Waals surface area (Å²) >= 11 is 0. The number of hydrazine groups is 1. The quantitative estimate of drug-likeness (QED) is 0.307. The highest BCUT2D eigenvalue weighted by molar-refractivity contribution is 5.79. The van der Waals surface area contributed by atoms with Gasteiger partial charge in [0.15, 0.2) is 0 Å². The zero-order valence-electron chi connectivity index (χ0n) is 9.33. The minimum atomic E-state index is -0.191. The Hall–Kier alpha value is -1.62.